The van der Waals surface area contributed by atoms with Gasteiger partial charge in [-0.05, 0) is 53.5 Å². The van der Waals surface area contributed by atoms with Gasteiger partial charge in [0.25, 0.3) is 0 Å². The third-order valence-corrected chi connectivity index (χ3v) is 4.09. The van der Waals surface area contributed by atoms with Crippen LogP contribution < -0.4 is 4.74 Å². The van der Waals surface area contributed by atoms with E-state index in [-0.39, 0.29) is 5.82 Å². The third kappa shape index (κ3) is 5.30. The van der Waals surface area contributed by atoms with Crippen molar-refractivity contribution in [1.82, 2.24) is 9.88 Å². The molecule has 0 aliphatic carbocycles. The molecule has 24 heavy (non-hydrogen) atoms. The highest BCUT2D eigenvalue weighted by Gasteiger charge is 2.08. The Bertz CT molecular complexity index is 721. The Morgan fingerprint density at radius 3 is 2.88 bits per heavy atom. The first-order chi connectivity index (χ1) is 11.5. The molecule has 0 aliphatic heterocycles. The van der Waals surface area contributed by atoms with Crippen molar-refractivity contribution < 1.29 is 9.13 Å². The van der Waals surface area contributed by atoms with E-state index < -0.39 is 0 Å². The van der Waals surface area contributed by atoms with Gasteiger partial charge in [-0.2, -0.15) is 0 Å². The van der Waals surface area contributed by atoms with Gasteiger partial charge in [0.05, 0.1) is 28.8 Å². The van der Waals surface area contributed by atoms with Crippen LogP contribution in [0.15, 0.2) is 39.8 Å². The zero-order valence-corrected chi connectivity index (χ0v) is 15.7. The van der Waals surface area contributed by atoms with E-state index in [9.17, 15) is 4.39 Å². The molecule has 0 radical (unpaired) electrons. The van der Waals surface area contributed by atoms with Crippen molar-refractivity contribution in [3.63, 3.8) is 0 Å². The van der Waals surface area contributed by atoms with Crippen LogP contribution in [0.1, 0.15) is 18.2 Å². The molecular weight excluding hydrogens is 373 g/mol. The summed E-state index contributed by atoms with van der Waals surface area (Å²) in [6, 6.07) is 8.41. The molecule has 0 bridgehead atoms. The summed E-state index contributed by atoms with van der Waals surface area (Å²) in [5.41, 5.74) is 2.48. The second kappa shape index (κ2) is 8.78. The highest BCUT2D eigenvalue weighted by Crippen LogP contribution is 2.29. The van der Waals surface area contributed by atoms with Gasteiger partial charge in [0, 0.05) is 20.0 Å². The van der Waals surface area contributed by atoms with Crippen LogP contribution in [0.4, 0.5) is 10.1 Å². The molecule has 128 valence electrons. The van der Waals surface area contributed by atoms with Crippen LogP contribution in [0.5, 0.6) is 5.88 Å². The van der Waals surface area contributed by atoms with Gasteiger partial charge in [0.2, 0.25) is 5.88 Å². The van der Waals surface area contributed by atoms with Crippen LogP contribution in [0.25, 0.3) is 0 Å². The highest BCUT2D eigenvalue weighted by molar-refractivity contribution is 9.10. The number of aliphatic imine (C=N–C) groups is 1. The maximum Gasteiger partial charge on any atom is 0.228 e. The molecular formula is C18H21BrFN3O. The second-order valence-corrected chi connectivity index (χ2v) is 6.28. The van der Waals surface area contributed by atoms with Gasteiger partial charge >= 0.3 is 0 Å². The normalized spacial score (nSPS) is 11.0. The number of pyridine rings is 1. The van der Waals surface area contributed by atoms with Crippen LogP contribution in [0.3, 0.4) is 0 Å². The molecule has 0 atom stereocenters. The van der Waals surface area contributed by atoms with Gasteiger partial charge in [0.15, 0.2) is 0 Å². The highest BCUT2D eigenvalue weighted by atomic mass is 79.9. The number of hydrogen-bond acceptors (Lipinski definition) is 3. The van der Waals surface area contributed by atoms with Gasteiger partial charge in [-0.1, -0.05) is 12.1 Å². The summed E-state index contributed by atoms with van der Waals surface area (Å²) in [7, 11) is 1.96. The van der Waals surface area contributed by atoms with E-state index in [1.54, 1.807) is 12.4 Å². The van der Waals surface area contributed by atoms with E-state index in [2.05, 4.69) is 32.8 Å². The number of aryl methyl sites for hydroxylation is 1. The number of ether oxygens (including phenoxy) is 1. The fourth-order valence-corrected chi connectivity index (χ4v) is 2.40. The zero-order chi connectivity index (χ0) is 17.5. The van der Waals surface area contributed by atoms with E-state index in [0.29, 0.717) is 18.9 Å². The summed E-state index contributed by atoms with van der Waals surface area (Å²) in [5.74, 6) is 0.286. The Labute approximate surface area is 150 Å². The SMILES string of the molecule is CCN(C)/C=N/c1cc(Br)c(OCCc2cccc(F)c2)nc1C. The number of rotatable bonds is 7. The minimum absolute atomic E-state index is 0.234. The van der Waals surface area contributed by atoms with Crippen molar-refractivity contribution in [2.75, 3.05) is 20.2 Å². The molecule has 0 spiro atoms. The number of benzene rings is 1. The molecule has 1 aromatic heterocycles. The first-order valence-electron chi connectivity index (χ1n) is 7.78. The number of nitrogens with zero attached hydrogens (tertiary/aromatic N) is 3. The summed E-state index contributed by atoms with van der Waals surface area (Å²) >= 11 is 3.47. The first-order valence-corrected chi connectivity index (χ1v) is 8.57. The number of hydrogen-bond donors (Lipinski definition) is 0. The van der Waals surface area contributed by atoms with Gasteiger partial charge in [-0.15, -0.1) is 0 Å². The van der Waals surface area contributed by atoms with Gasteiger partial charge in [-0.25, -0.2) is 14.4 Å². The van der Waals surface area contributed by atoms with E-state index in [0.717, 1.165) is 28.0 Å². The van der Waals surface area contributed by atoms with Crippen molar-refractivity contribution in [2.24, 2.45) is 4.99 Å². The van der Waals surface area contributed by atoms with Crippen molar-refractivity contribution in [3.05, 3.63) is 51.9 Å². The molecule has 6 heteroatoms. The second-order valence-electron chi connectivity index (χ2n) is 5.43. The molecule has 1 aromatic carbocycles. The van der Waals surface area contributed by atoms with Crippen LogP contribution in [-0.2, 0) is 6.42 Å². The molecule has 0 N–H and O–H groups in total. The van der Waals surface area contributed by atoms with Crippen LogP contribution in [-0.4, -0.2) is 36.4 Å². The van der Waals surface area contributed by atoms with E-state index in [1.165, 1.54) is 12.1 Å². The zero-order valence-electron chi connectivity index (χ0n) is 14.1. The molecule has 0 saturated carbocycles. The predicted octanol–water partition coefficient (Wildman–Crippen LogP) is 4.52. The minimum atomic E-state index is -0.234. The lowest BCUT2D eigenvalue weighted by molar-refractivity contribution is 0.307. The molecule has 2 aromatic rings. The topological polar surface area (TPSA) is 37.7 Å². The maximum absolute atomic E-state index is 13.2. The molecule has 4 nitrogen and oxygen atoms in total. The number of aromatic nitrogens is 1. The van der Waals surface area contributed by atoms with Crippen molar-refractivity contribution in [2.45, 2.75) is 20.3 Å². The van der Waals surface area contributed by atoms with Gasteiger partial charge in [0.1, 0.15) is 5.82 Å². The molecule has 0 unspecified atom stereocenters. The Morgan fingerprint density at radius 1 is 1.38 bits per heavy atom. The minimum Gasteiger partial charge on any atom is -0.477 e. The largest absolute Gasteiger partial charge is 0.477 e. The quantitative estimate of drug-likeness (QED) is 0.512. The molecule has 1 heterocycles. The predicted molar refractivity (Wildman–Crippen MR) is 98.7 cm³/mol. The Hall–Kier alpha value is -1.95. The maximum atomic E-state index is 13.2. The summed E-state index contributed by atoms with van der Waals surface area (Å²) in [6.45, 7) is 5.27. The van der Waals surface area contributed by atoms with E-state index in [4.69, 9.17) is 4.74 Å². The summed E-state index contributed by atoms with van der Waals surface area (Å²) in [6.07, 6.45) is 2.40. The summed E-state index contributed by atoms with van der Waals surface area (Å²) < 4.78 is 19.6. The molecule has 0 saturated heterocycles. The van der Waals surface area contributed by atoms with Gasteiger partial charge in [-0.3, -0.25) is 0 Å². The molecule has 0 amide bonds. The fraction of sp³-hybridized carbons (Fsp3) is 0.333. The lowest BCUT2D eigenvalue weighted by atomic mass is 10.2. The number of halogens is 2. The Morgan fingerprint density at radius 2 is 2.17 bits per heavy atom. The van der Waals surface area contributed by atoms with Crippen LogP contribution >= 0.6 is 15.9 Å². The van der Waals surface area contributed by atoms with Crippen LogP contribution in [0, 0.1) is 12.7 Å². The Kier molecular flexibility index (Phi) is 6.73. The standard InChI is InChI=1S/C18H21BrFN3O/c1-4-23(3)12-21-17-11-16(19)18(22-13(17)2)24-9-8-14-6-5-7-15(20)10-14/h5-7,10-12H,4,8-9H2,1-3H3/b21-12+. The first kappa shape index (κ1) is 18.4. The van der Waals surface area contributed by atoms with Crippen LogP contribution in [0.2, 0.25) is 0 Å². The van der Waals surface area contributed by atoms with E-state index in [1.807, 2.05) is 31.0 Å². The van der Waals surface area contributed by atoms with E-state index >= 15 is 0 Å². The summed E-state index contributed by atoms with van der Waals surface area (Å²) in [5, 5.41) is 0. The lowest BCUT2D eigenvalue weighted by Crippen LogP contribution is -2.14. The fourth-order valence-electron chi connectivity index (χ4n) is 1.98. The molecule has 2 rings (SSSR count). The smallest absolute Gasteiger partial charge is 0.228 e. The lowest BCUT2D eigenvalue weighted by Gasteiger charge is -2.11. The average molecular weight is 394 g/mol. The molecule has 0 fully saturated rings. The monoisotopic (exact) mass is 393 g/mol. The Balaban J connectivity index is 2.01. The van der Waals surface area contributed by atoms with Crippen molar-refractivity contribution >= 4 is 28.0 Å². The van der Waals surface area contributed by atoms with Gasteiger partial charge < -0.3 is 9.64 Å². The molecule has 0 aliphatic rings. The van der Waals surface area contributed by atoms with Crippen molar-refractivity contribution in [3.8, 4) is 5.88 Å². The third-order valence-electron chi connectivity index (χ3n) is 3.52. The average Bonchev–Trinajstić information content (AvgIpc) is 2.56. The van der Waals surface area contributed by atoms with Crippen molar-refractivity contribution in [1.29, 1.82) is 0 Å². The summed E-state index contributed by atoms with van der Waals surface area (Å²) in [4.78, 5) is 10.9.